The fraction of sp³-hybridized carbons (Fsp3) is 0.200. The van der Waals surface area contributed by atoms with Gasteiger partial charge in [0.25, 0.3) is 0 Å². The van der Waals surface area contributed by atoms with Gasteiger partial charge in [-0.1, -0.05) is 30.3 Å². The van der Waals surface area contributed by atoms with E-state index in [4.69, 9.17) is 4.74 Å². The van der Waals surface area contributed by atoms with Gasteiger partial charge in [-0.15, -0.1) is 0 Å². The van der Waals surface area contributed by atoms with Crippen LogP contribution in [0.25, 0.3) is 28.2 Å². The molecule has 0 unspecified atom stereocenters. The second-order valence-electron chi connectivity index (χ2n) is 8.06. The van der Waals surface area contributed by atoms with Crippen molar-refractivity contribution in [1.29, 1.82) is 0 Å². The first-order chi connectivity index (χ1) is 15.6. The van der Waals surface area contributed by atoms with Crippen LogP contribution in [-0.2, 0) is 11.8 Å². The number of aromatic nitrogens is 3. The first kappa shape index (κ1) is 22.5. The van der Waals surface area contributed by atoms with Crippen molar-refractivity contribution in [2.45, 2.75) is 25.6 Å². The third-order valence-electron chi connectivity index (χ3n) is 5.23. The molecule has 0 atom stereocenters. The Morgan fingerprint density at radius 1 is 0.909 bits per heavy atom. The van der Waals surface area contributed by atoms with Crippen molar-refractivity contribution in [1.82, 2.24) is 14.5 Å². The predicted octanol–water partition coefficient (Wildman–Crippen LogP) is 5.86. The molecule has 0 saturated carbocycles. The summed E-state index contributed by atoms with van der Waals surface area (Å²) in [5.41, 5.74) is 0.431. The van der Waals surface area contributed by atoms with E-state index >= 15 is 0 Å². The van der Waals surface area contributed by atoms with Gasteiger partial charge in [0.05, 0.1) is 18.4 Å². The molecule has 0 amide bonds. The minimum atomic E-state index is -4.55. The molecule has 8 heteroatoms. The molecule has 2 heterocycles. The van der Waals surface area contributed by atoms with Crippen LogP contribution in [-0.4, -0.2) is 26.8 Å². The third kappa shape index (κ3) is 4.61. The molecule has 33 heavy (non-hydrogen) atoms. The Labute approximate surface area is 189 Å². The van der Waals surface area contributed by atoms with E-state index in [-0.39, 0.29) is 17.1 Å². The summed E-state index contributed by atoms with van der Waals surface area (Å²) in [5, 5.41) is 10.5. The molecule has 0 bridgehead atoms. The van der Waals surface area contributed by atoms with Gasteiger partial charge in [0.15, 0.2) is 0 Å². The molecule has 170 valence electrons. The average Bonchev–Trinajstić information content (AvgIpc) is 3.25. The first-order valence-electron chi connectivity index (χ1n) is 10.2. The number of hydrogen-bond donors (Lipinski definition) is 1. The van der Waals surface area contributed by atoms with E-state index in [1.54, 1.807) is 56.1 Å². The molecule has 0 spiro atoms. The van der Waals surface area contributed by atoms with Crippen molar-refractivity contribution in [2.75, 3.05) is 7.11 Å². The molecule has 0 aliphatic heterocycles. The lowest BCUT2D eigenvalue weighted by Gasteiger charge is -2.14. The Bertz CT molecular complexity index is 1260. The molecule has 2 aromatic heterocycles. The van der Waals surface area contributed by atoms with Crippen LogP contribution in [0.4, 0.5) is 13.2 Å². The van der Waals surface area contributed by atoms with Gasteiger partial charge < -0.3 is 9.84 Å². The second kappa shape index (κ2) is 8.37. The maximum absolute atomic E-state index is 13.7. The Morgan fingerprint density at radius 2 is 1.58 bits per heavy atom. The van der Waals surface area contributed by atoms with Crippen molar-refractivity contribution in [3.63, 3.8) is 0 Å². The van der Waals surface area contributed by atoms with Crippen molar-refractivity contribution >= 4 is 0 Å². The van der Waals surface area contributed by atoms with Gasteiger partial charge in [-0.05, 0) is 43.7 Å². The lowest BCUT2D eigenvalue weighted by Crippen LogP contribution is -2.15. The zero-order valence-corrected chi connectivity index (χ0v) is 18.3. The number of ether oxygens (including phenoxy) is 1. The van der Waals surface area contributed by atoms with Crippen LogP contribution in [0.2, 0.25) is 0 Å². The number of methoxy groups -OCH3 is 1. The highest BCUT2D eigenvalue weighted by Gasteiger charge is 2.35. The highest BCUT2D eigenvalue weighted by Crippen LogP contribution is 2.38. The highest BCUT2D eigenvalue weighted by atomic mass is 19.4. The number of rotatable bonds is 5. The number of nitrogens with zero attached hydrogens (tertiary/aromatic N) is 3. The van der Waals surface area contributed by atoms with E-state index in [1.165, 1.54) is 18.2 Å². The van der Waals surface area contributed by atoms with Gasteiger partial charge in [0.1, 0.15) is 11.4 Å². The topological polar surface area (TPSA) is 60.2 Å². The lowest BCUT2D eigenvalue weighted by molar-refractivity contribution is -0.137. The Morgan fingerprint density at radius 3 is 2.15 bits per heavy atom. The van der Waals surface area contributed by atoms with Gasteiger partial charge in [-0.2, -0.15) is 13.2 Å². The summed E-state index contributed by atoms with van der Waals surface area (Å²) in [7, 11) is 1.54. The maximum atomic E-state index is 13.7. The number of alkyl halides is 3. The molecule has 4 rings (SSSR count). The SMILES string of the molecule is COc1ccc(-c2ccc(-n3cc(C(C)(C)O)nc3-c3ccccc3C(F)(F)F)cc2)cn1. The van der Waals surface area contributed by atoms with Crippen LogP contribution in [0.3, 0.4) is 0 Å². The van der Waals surface area contributed by atoms with Gasteiger partial charge >= 0.3 is 6.18 Å². The average molecular weight is 453 g/mol. The minimum Gasteiger partial charge on any atom is -0.481 e. The fourth-order valence-corrected chi connectivity index (χ4v) is 3.47. The fourth-order valence-electron chi connectivity index (χ4n) is 3.47. The van der Waals surface area contributed by atoms with Crippen LogP contribution in [0.5, 0.6) is 5.88 Å². The quantitative estimate of drug-likeness (QED) is 0.411. The summed E-state index contributed by atoms with van der Waals surface area (Å²) in [6.07, 6.45) is -1.30. The van der Waals surface area contributed by atoms with Crippen LogP contribution < -0.4 is 4.74 Å². The Kier molecular flexibility index (Phi) is 5.71. The molecule has 0 fully saturated rings. The van der Waals surface area contributed by atoms with E-state index < -0.39 is 17.3 Å². The number of benzene rings is 2. The van der Waals surface area contributed by atoms with E-state index in [1.807, 2.05) is 18.2 Å². The van der Waals surface area contributed by atoms with Gasteiger partial charge in [-0.3, -0.25) is 4.57 Å². The number of halogens is 3. The van der Waals surface area contributed by atoms with E-state index in [0.29, 0.717) is 11.6 Å². The lowest BCUT2D eigenvalue weighted by atomic mass is 10.1. The van der Waals surface area contributed by atoms with Crippen molar-refractivity contribution < 1.29 is 23.0 Å². The van der Waals surface area contributed by atoms with Crippen LogP contribution in [0.1, 0.15) is 25.1 Å². The molecule has 0 radical (unpaired) electrons. The number of hydrogen-bond acceptors (Lipinski definition) is 4. The summed E-state index contributed by atoms with van der Waals surface area (Å²) in [6.45, 7) is 3.08. The molecule has 1 N–H and O–H groups in total. The molecule has 2 aromatic carbocycles. The molecule has 0 aliphatic rings. The van der Waals surface area contributed by atoms with Crippen LogP contribution >= 0.6 is 0 Å². The molecule has 5 nitrogen and oxygen atoms in total. The van der Waals surface area contributed by atoms with Gasteiger partial charge in [0.2, 0.25) is 5.88 Å². The van der Waals surface area contributed by atoms with Gasteiger partial charge in [-0.25, -0.2) is 9.97 Å². The van der Waals surface area contributed by atoms with E-state index in [9.17, 15) is 18.3 Å². The van der Waals surface area contributed by atoms with Crippen molar-refractivity contribution in [3.05, 3.63) is 84.3 Å². The van der Waals surface area contributed by atoms with E-state index in [0.717, 1.165) is 17.2 Å². The van der Waals surface area contributed by atoms with Crippen molar-refractivity contribution in [3.8, 4) is 34.1 Å². The zero-order chi connectivity index (χ0) is 23.8. The maximum Gasteiger partial charge on any atom is 0.417 e. The molecule has 4 aromatic rings. The molecular formula is C25H22F3N3O2. The minimum absolute atomic E-state index is 0.0658. The summed E-state index contributed by atoms with van der Waals surface area (Å²) < 4.78 is 47.7. The number of imidazole rings is 1. The monoisotopic (exact) mass is 453 g/mol. The second-order valence-corrected chi connectivity index (χ2v) is 8.06. The molecule has 0 saturated heterocycles. The first-order valence-corrected chi connectivity index (χ1v) is 10.2. The molecule has 0 aliphatic carbocycles. The van der Waals surface area contributed by atoms with E-state index in [2.05, 4.69) is 9.97 Å². The highest BCUT2D eigenvalue weighted by molar-refractivity contribution is 5.67. The summed E-state index contributed by atoms with van der Waals surface area (Å²) in [6, 6.07) is 16.2. The van der Waals surface area contributed by atoms with Gasteiger partial charge in [0, 0.05) is 35.3 Å². The zero-order valence-electron chi connectivity index (χ0n) is 18.3. The molecular weight excluding hydrogens is 431 g/mol. The Hall–Kier alpha value is -3.65. The Balaban J connectivity index is 1.82. The number of aliphatic hydroxyl groups is 1. The summed E-state index contributed by atoms with van der Waals surface area (Å²) in [4.78, 5) is 8.59. The van der Waals surface area contributed by atoms with Crippen LogP contribution in [0, 0.1) is 0 Å². The summed E-state index contributed by atoms with van der Waals surface area (Å²) >= 11 is 0. The van der Waals surface area contributed by atoms with Crippen LogP contribution in [0.15, 0.2) is 73.1 Å². The standard InChI is InChI=1S/C25H22F3N3O2/c1-24(2,32)21-15-31(23(30-21)19-6-4-5-7-20(19)25(26,27)28)18-11-8-16(9-12-18)17-10-13-22(33-3)29-14-17/h4-15,32H,1-3H3. The van der Waals surface area contributed by atoms with Crippen molar-refractivity contribution in [2.24, 2.45) is 0 Å². The predicted molar refractivity (Wildman–Crippen MR) is 119 cm³/mol. The smallest absolute Gasteiger partial charge is 0.417 e. The summed E-state index contributed by atoms with van der Waals surface area (Å²) in [5.74, 6) is 0.597. The number of pyridine rings is 1. The third-order valence-corrected chi connectivity index (χ3v) is 5.23. The largest absolute Gasteiger partial charge is 0.481 e. The normalized spacial score (nSPS) is 12.1.